The zero-order valence-electron chi connectivity index (χ0n) is 15.5. The standard InChI is InChI=1S/C23H16ClFN2O2/c1-29-21-11-10-16(24)14-20(21)27-22(12-9-15-5-4-6-17(25)13-15)26-19-8-3-2-7-18(19)23(27)28/h2-14H,1H3/b12-9+. The Morgan fingerprint density at radius 2 is 1.86 bits per heavy atom. The number of benzene rings is 3. The molecule has 0 aliphatic carbocycles. The molecular weight excluding hydrogens is 391 g/mol. The third-order valence-corrected chi connectivity index (χ3v) is 4.69. The molecule has 1 heterocycles. The van der Waals surface area contributed by atoms with Gasteiger partial charge in [-0.25, -0.2) is 9.37 Å². The highest BCUT2D eigenvalue weighted by molar-refractivity contribution is 6.30. The molecule has 0 aliphatic heterocycles. The van der Waals surface area contributed by atoms with Crippen molar-refractivity contribution >= 4 is 34.7 Å². The van der Waals surface area contributed by atoms with Crippen LogP contribution in [0.2, 0.25) is 5.02 Å². The molecule has 144 valence electrons. The number of methoxy groups -OCH3 is 1. The van der Waals surface area contributed by atoms with Crippen LogP contribution in [0.25, 0.3) is 28.7 Å². The highest BCUT2D eigenvalue weighted by Gasteiger charge is 2.15. The van der Waals surface area contributed by atoms with E-state index in [1.165, 1.54) is 23.8 Å². The number of fused-ring (bicyclic) bond motifs is 1. The molecule has 0 amide bonds. The number of rotatable bonds is 4. The number of nitrogens with zero attached hydrogens (tertiary/aromatic N) is 2. The average Bonchev–Trinajstić information content (AvgIpc) is 2.72. The first kappa shape index (κ1) is 18.9. The second-order valence-electron chi connectivity index (χ2n) is 6.33. The van der Waals surface area contributed by atoms with Crippen LogP contribution in [-0.2, 0) is 0 Å². The number of ether oxygens (including phenoxy) is 1. The van der Waals surface area contributed by atoms with Crippen LogP contribution in [-0.4, -0.2) is 16.7 Å². The van der Waals surface area contributed by atoms with Crippen LogP contribution in [0.5, 0.6) is 5.75 Å². The number of para-hydroxylation sites is 1. The van der Waals surface area contributed by atoms with Crippen LogP contribution in [0.4, 0.5) is 4.39 Å². The monoisotopic (exact) mass is 406 g/mol. The summed E-state index contributed by atoms with van der Waals surface area (Å²) in [4.78, 5) is 18.0. The molecule has 6 heteroatoms. The Labute approximate surface area is 171 Å². The summed E-state index contributed by atoms with van der Waals surface area (Å²) < 4.78 is 20.4. The van der Waals surface area contributed by atoms with E-state index in [0.29, 0.717) is 38.8 Å². The van der Waals surface area contributed by atoms with Crippen LogP contribution in [0.15, 0.2) is 71.5 Å². The maximum atomic E-state index is 13.5. The minimum absolute atomic E-state index is 0.255. The van der Waals surface area contributed by atoms with E-state index in [4.69, 9.17) is 16.3 Å². The minimum Gasteiger partial charge on any atom is -0.495 e. The smallest absolute Gasteiger partial charge is 0.266 e. The Morgan fingerprint density at radius 3 is 2.66 bits per heavy atom. The van der Waals surface area contributed by atoms with Crippen LogP contribution in [0, 0.1) is 5.82 Å². The van der Waals surface area contributed by atoms with Gasteiger partial charge >= 0.3 is 0 Å². The number of halogens is 2. The summed E-state index contributed by atoms with van der Waals surface area (Å²) in [5.41, 5.74) is 1.43. The molecular formula is C23H16ClFN2O2. The molecule has 3 aromatic carbocycles. The van der Waals surface area contributed by atoms with Crippen molar-refractivity contribution < 1.29 is 9.13 Å². The lowest BCUT2D eigenvalue weighted by atomic mass is 10.2. The van der Waals surface area contributed by atoms with E-state index in [-0.39, 0.29) is 11.4 Å². The van der Waals surface area contributed by atoms with Crippen molar-refractivity contribution in [2.45, 2.75) is 0 Å². The lowest BCUT2D eigenvalue weighted by molar-refractivity contribution is 0.412. The predicted octanol–water partition coefficient (Wildman–Crippen LogP) is 5.36. The van der Waals surface area contributed by atoms with Crippen LogP contribution < -0.4 is 10.3 Å². The van der Waals surface area contributed by atoms with Gasteiger partial charge in [-0.15, -0.1) is 0 Å². The third kappa shape index (κ3) is 3.77. The molecule has 0 saturated carbocycles. The second-order valence-corrected chi connectivity index (χ2v) is 6.77. The summed E-state index contributed by atoms with van der Waals surface area (Å²) in [6.45, 7) is 0. The summed E-state index contributed by atoms with van der Waals surface area (Å²) in [7, 11) is 1.52. The predicted molar refractivity (Wildman–Crippen MR) is 114 cm³/mol. The van der Waals surface area contributed by atoms with E-state index in [1.807, 2.05) is 6.07 Å². The number of hydrogen-bond donors (Lipinski definition) is 0. The highest BCUT2D eigenvalue weighted by Crippen LogP contribution is 2.27. The van der Waals surface area contributed by atoms with Crippen molar-refractivity contribution in [3.63, 3.8) is 0 Å². The maximum Gasteiger partial charge on any atom is 0.266 e. The molecule has 0 aliphatic rings. The lowest BCUT2D eigenvalue weighted by Crippen LogP contribution is -2.22. The van der Waals surface area contributed by atoms with E-state index < -0.39 is 0 Å². The van der Waals surface area contributed by atoms with Crippen LogP contribution >= 0.6 is 11.6 Å². The quantitative estimate of drug-likeness (QED) is 0.458. The summed E-state index contributed by atoms with van der Waals surface area (Å²) in [6, 6.07) is 18.3. The van der Waals surface area contributed by atoms with E-state index in [2.05, 4.69) is 4.98 Å². The first-order chi connectivity index (χ1) is 14.1. The van der Waals surface area contributed by atoms with E-state index in [0.717, 1.165) is 0 Å². The van der Waals surface area contributed by atoms with Gasteiger partial charge in [0, 0.05) is 5.02 Å². The zero-order chi connectivity index (χ0) is 20.4. The Bertz CT molecular complexity index is 1300. The molecule has 29 heavy (non-hydrogen) atoms. The van der Waals surface area contributed by atoms with Gasteiger partial charge in [-0.2, -0.15) is 0 Å². The summed E-state index contributed by atoms with van der Waals surface area (Å²) in [5.74, 6) is 0.514. The highest BCUT2D eigenvalue weighted by atomic mass is 35.5. The van der Waals surface area contributed by atoms with Gasteiger partial charge in [0.2, 0.25) is 0 Å². The summed E-state index contributed by atoms with van der Waals surface area (Å²) in [6.07, 6.45) is 3.37. The van der Waals surface area contributed by atoms with Crippen molar-refractivity contribution in [3.05, 3.63) is 99.3 Å². The van der Waals surface area contributed by atoms with Crippen molar-refractivity contribution in [1.29, 1.82) is 0 Å². The topological polar surface area (TPSA) is 44.1 Å². The lowest BCUT2D eigenvalue weighted by Gasteiger charge is -2.15. The molecule has 0 N–H and O–H groups in total. The van der Waals surface area contributed by atoms with Crippen molar-refractivity contribution in [1.82, 2.24) is 9.55 Å². The molecule has 4 nitrogen and oxygen atoms in total. The van der Waals surface area contributed by atoms with Gasteiger partial charge in [0.05, 0.1) is 23.7 Å². The van der Waals surface area contributed by atoms with Crippen molar-refractivity contribution in [3.8, 4) is 11.4 Å². The van der Waals surface area contributed by atoms with E-state index >= 15 is 0 Å². The normalized spacial score (nSPS) is 11.3. The van der Waals surface area contributed by atoms with Gasteiger partial charge in [-0.1, -0.05) is 41.9 Å². The minimum atomic E-state index is -0.340. The number of aromatic nitrogens is 2. The van der Waals surface area contributed by atoms with E-state index in [1.54, 1.807) is 60.7 Å². The van der Waals surface area contributed by atoms with Crippen molar-refractivity contribution in [2.24, 2.45) is 0 Å². The molecule has 0 fully saturated rings. The maximum absolute atomic E-state index is 13.5. The number of hydrogen-bond acceptors (Lipinski definition) is 3. The summed E-state index contributed by atoms with van der Waals surface area (Å²) >= 11 is 6.19. The first-order valence-electron chi connectivity index (χ1n) is 8.86. The SMILES string of the molecule is COc1ccc(Cl)cc1-n1c(/C=C/c2cccc(F)c2)nc2ccccc2c1=O. The Morgan fingerprint density at radius 1 is 1.03 bits per heavy atom. The zero-order valence-corrected chi connectivity index (χ0v) is 16.2. The summed E-state index contributed by atoms with van der Waals surface area (Å²) in [5, 5.41) is 0.929. The van der Waals surface area contributed by atoms with Crippen molar-refractivity contribution in [2.75, 3.05) is 7.11 Å². The Balaban J connectivity index is 1.99. The fourth-order valence-corrected chi connectivity index (χ4v) is 3.28. The third-order valence-electron chi connectivity index (χ3n) is 4.46. The van der Waals surface area contributed by atoms with Gasteiger partial charge in [-0.05, 0) is 54.1 Å². The molecule has 0 saturated heterocycles. The molecule has 4 aromatic rings. The van der Waals surface area contributed by atoms with Gasteiger partial charge in [0.1, 0.15) is 17.4 Å². The molecule has 0 unspecified atom stereocenters. The average molecular weight is 407 g/mol. The van der Waals surface area contributed by atoms with Gasteiger partial charge in [0.15, 0.2) is 0 Å². The molecule has 1 aromatic heterocycles. The van der Waals surface area contributed by atoms with Gasteiger partial charge in [-0.3, -0.25) is 9.36 Å². The molecule has 0 spiro atoms. The van der Waals surface area contributed by atoms with Crippen LogP contribution in [0.3, 0.4) is 0 Å². The molecule has 4 rings (SSSR count). The Hall–Kier alpha value is -3.44. The van der Waals surface area contributed by atoms with Gasteiger partial charge in [0.25, 0.3) is 5.56 Å². The largest absolute Gasteiger partial charge is 0.495 e. The molecule has 0 atom stereocenters. The molecule has 0 bridgehead atoms. The van der Waals surface area contributed by atoms with E-state index in [9.17, 15) is 9.18 Å². The van der Waals surface area contributed by atoms with Crippen LogP contribution in [0.1, 0.15) is 11.4 Å². The van der Waals surface area contributed by atoms with Gasteiger partial charge < -0.3 is 4.74 Å². The Kier molecular flexibility index (Phi) is 5.14. The fourth-order valence-electron chi connectivity index (χ4n) is 3.11. The fraction of sp³-hybridized carbons (Fsp3) is 0.0435. The molecule has 0 radical (unpaired) electrons. The second kappa shape index (κ2) is 7.89. The first-order valence-corrected chi connectivity index (χ1v) is 9.24.